The normalized spacial score (nSPS) is 21.8. The van der Waals surface area contributed by atoms with Gasteiger partial charge < -0.3 is 24.2 Å². The number of aliphatic hydroxyl groups excluding tert-OH is 1. The van der Waals surface area contributed by atoms with Crippen LogP contribution in [0.4, 0.5) is 5.69 Å². The van der Waals surface area contributed by atoms with E-state index in [1.165, 1.54) is 82.0 Å². The summed E-state index contributed by atoms with van der Waals surface area (Å²) >= 11 is 2.05. The number of likely N-dealkylation sites (tertiary alicyclic amines) is 1. The predicted octanol–water partition coefficient (Wildman–Crippen LogP) is 1.54. The quantitative estimate of drug-likeness (QED) is 0.249. The standard InChI is InChI=1S/C28H30IN5O9S/c1-32(2)43-26(36)21-13-17(35)15-33(21)28(24-25(42-5)31-11-10-30-24)19-12-16(29)6-8-20(19)34(27(28)37)44(38,39)23-9-7-18(40-3)14-22(23)41-4/h6-12,14,17,21,35H,13,15H2,1-5H3/t17-,21+,28?/m1/s1. The summed E-state index contributed by atoms with van der Waals surface area (Å²) in [6.45, 7) is -0.205. The fourth-order valence-electron chi connectivity index (χ4n) is 5.69. The molecule has 0 bridgehead atoms. The molecule has 0 spiro atoms. The minimum atomic E-state index is -4.68. The lowest BCUT2D eigenvalue weighted by molar-refractivity contribution is -0.185. The zero-order chi connectivity index (χ0) is 32.0. The molecule has 0 radical (unpaired) electrons. The summed E-state index contributed by atoms with van der Waals surface area (Å²) in [4.78, 5) is 43.9. The maximum atomic E-state index is 15.2. The number of carbonyl (C=O) groups excluding carboxylic acids is 2. The highest BCUT2D eigenvalue weighted by Gasteiger charge is 2.65. The number of hydroxylamine groups is 2. The Kier molecular flexibility index (Phi) is 8.74. The first-order chi connectivity index (χ1) is 20.9. The van der Waals surface area contributed by atoms with Crippen molar-refractivity contribution in [2.24, 2.45) is 0 Å². The number of halogens is 1. The molecule has 3 heterocycles. The van der Waals surface area contributed by atoms with Crippen LogP contribution in [0.3, 0.4) is 0 Å². The number of amides is 1. The van der Waals surface area contributed by atoms with Crippen LogP contribution in [0, 0.1) is 3.57 Å². The number of nitrogens with zero attached hydrogens (tertiary/aromatic N) is 5. The minimum absolute atomic E-state index is 0.0158. The second kappa shape index (κ2) is 12.1. The molecule has 1 N–H and O–H groups in total. The number of sulfonamides is 1. The van der Waals surface area contributed by atoms with E-state index in [2.05, 4.69) is 9.97 Å². The van der Waals surface area contributed by atoms with E-state index in [0.29, 0.717) is 13.6 Å². The molecule has 1 unspecified atom stereocenters. The smallest absolute Gasteiger partial charge is 0.342 e. The van der Waals surface area contributed by atoms with Crippen LogP contribution < -0.4 is 18.5 Å². The van der Waals surface area contributed by atoms with E-state index >= 15 is 4.79 Å². The SMILES string of the molecule is COc1ccc(S(=O)(=O)N2C(=O)C(c3nccnc3OC)(N3C[C@H](O)C[C@H]3C(=O)ON(C)C)c3cc(I)ccc32)c(OC)c1. The van der Waals surface area contributed by atoms with Crippen LogP contribution in [-0.4, -0.2) is 99.4 Å². The Morgan fingerprint density at radius 1 is 1.07 bits per heavy atom. The van der Waals surface area contributed by atoms with Crippen molar-refractivity contribution in [1.29, 1.82) is 0 Å². The molecule has 16 heteroatoms. The topological polar surface area (TPSA) is 161 Å². The highest BCUT2D eigenvalue weighted by atomic mass is 127. The first kappa shape index (κ1) is 31.8. The van der Waals surface area contributed by atoms with Crippen LogP contribution in [0.1, 0.15) is 17.7 Å². The molecule has 2 aliphatic rings. The van der Waals surface area contributed by atoms with Crippen LogP contribution in [0.2, 0.25) is 0 Å². The number of aromatic nitrogens is 2. The Labute approximate surface area is 267 Å². The van der Waals surface area contributed by atoms with Crippen LogP contribution >= 0.6 is 22.6 Å². The van der Waals surface area contributed by atoms with Gasteiger partial charge in [-0.3, -0.25) is 14.7 Å². The molecule has 5 rings (SSSR count). The number of anilines is 1. The summed E-state index contributed by atoms with van der Waals surface area (Å²) in [5.74, 6) is -1.53. The third-order valence-electron chi connectivity index (χ3n) is 7.41. The van der Waals surface area contributed by atoms with Gasteiger partial charge in [0.25, 0.3) is 15.9 Å². The van der Waals surface area contributed by atoms with Crippen molar-refractivity contribution >= 4 is 50.2 Å². The Bertz CT molecular complexity index is 1720. The highest BCUT2D eigenvalue weighted by Crippen LogP contribution is 2.54. The average Bonchev–Trinajstić information content (AvgIpc) is 3.51. The highest BCUT2D eigenvalue weighted by molar-refractivity contribution is 14.1. The number of aliphatic hydroxyl groups is 1. The number of methoxy groups -OCH3 is 3. The first-order valence-electron chi connectivity index (χ1n) is 13.2. The molecule has 3 aromatic rings. The lowest BCUT2D eigenvalue weighted by Crippen LogP contribution is -2.59. The second-order valence-electron chi connectivity index (χ2n) is 10.2. The molecular formula is C28H30IN5O9S. The number of ether oxygens (including phenoxy) is 3. The summed E-state index contributed by atoms with van der Waals surface area (Å²) < 4.78 is 46.6. The Balaban J connectivity index is 1.84. The van der Waals surface area contributed by atoms with E-state index in [-0.39, 0.29) is 46.4 Å². The van der Waals surface area contributed by atoms with E-state index in [9.17, 15) is 18.3 Å². The lowest BCUT2D eigenvalue weighted by Gasteiger charge is -2.39. The van der Waals surface area contributed by atoms with Gasteiger partial charge in [-0.05, 0) is 52.9 Å². The maximum Gasteiger partial charge on any atom is 0.342 e. The third kappa shape index (κ3) is 5.03. The summed E-state index contributed by atoms with van der Waals surface area (Å²) in [5, 5.41) is 12.1. The van der Waals surface area contributed by atoms with Crippen LogP contribution in [0.15, 0.2) is 53.7 Å². The molecule has 1 fully saturated rings. The molecule has 234 valence electrons. The van der Waals surface area contributed by atoms with Gasteiger partial charge in [0.1, 0.15) is 28.1 Å². The summed E-state index contributed by atoms with van der Waals surface area (Å²) in [6, 6.07) is 7.73. The Hall–Kier alpha value is -3.58. The molecule has 1 aromatic heterocycles. The number of benzene rings is 2. The van der Waals surface area contributed by atoms with Crippen molar-refractivity contribution in [2.45, 2.75) is 29.0 Å². The van der Waals surface area contributed by atoms with Gasteiger partial charge in [-0.25, -0.2) is 22.5 Å². The van der Waals surface area contributed by atoms with Gasteiger partial charge in [-0.2, -0.15) is 0 Å². The number of fused-ring (bicyclic) bond motifs is 1. The monoisotopic (exact) mass is 739 g/mol. The van der Waals surface area contributed by atoms with Gasteiger partial charge in [0.15, 0.2) is 5.54 Å². The molecular weight excluding hydrogens is 709 g/mol. The largest absolute Gasteiger partial charge is 0.497 e. The second-order valence-corrected chi connectivity index (χ2v) is 13.2. The van der Waals surface area contributed by atoms with Crippen molar-refractivity contribution in [3.8, 4) is 17.4 Å². The number of β-amino-alcohol motifs (C(OH)–C–C–N with tert-alkyl or cyclic N) is 1. The first-order valence-corrected chi connectivity index (χ1v) is 15.7. The van der Waals surface area contributed by atoms with Crippen molar-refractivity contribution in [3.63, 3.8) is 0 Å². The van der Waals surface area contributed by atoms with Crippen molar-refractivity contribution in [2.75, 3.05) is 46.3 Å². The maximum absolute atomic E-state index is 15.2. The van der Waals surface area contributed by atoms with E-state index in [0.717, 1.165) is 0 Å². The summed E-state index contributed by atoms with van der Waals surface area (Å²) in [7, 11) is 2.42. The zero-order valence-corrected chi connectivity index (χ0v) is 27.4. The molecule has 1 amide bonds. The van der Waals surface area contributed by atoms with Gasteiger partial charge in [-0.1, -0.05) is 0 Å². The van der Waals surface area contributed by atoms with Crippen molar-refractivity contribution in [1.82, 2.24) is 19.9 Å². The van der Waals surface area contributed by atoms with E-state index < -0.39 is 39.6 Å². The van der Waals surface area contributed by atoms with E-state index in [1.54, 1.807) is 12.1 Å². The van der Waals surface area contributed by atoms with Gasteiger partial charge in [-0.15, -0.1) is 5.06 Å². The Morgan fingerprint density at radius 2 is 1.80 bits per heavy atom. The summed E-state index contributed by atoms with van der Waals surface area (Å²) in [6.07, 6.45) is 1.53. The molecule has 0 aliphatic carbocycles. The Morgan fingerprint density at radius 3 is 2.45 bits per heavy atom. The van der Waals surface area contributed by atoms with Gasteiger partial charge in [0, 0.05) is 54.7 Å². The van der Waals surface area contributed by atoms with Crippen molar-refractivity contribution in [3.05, 3.63) is 63.6 Å². The molecule has 0 saturated carbocycles. The van der Waals surface area contributed by atoms with Gasteiger partial charge in [0.05, 0.1) is 33.1 Å². The fraction of sp³-hybridized carbons (Fsp3) is 0.357. The van der Waals surface area contributed by atoms with E-state index in [1.807, 2.05) is 22.6 Å². The lowest BCUT2D eigenvalue weighted by atomic mass is 9.84. The molecule has 1 saturated heterocycles. The average molecular weight is 740 g/mol. The molecule has 2 aromatic carbocycles. The number of rotatable bonds is 9. The molecule has 14 nitrogen and oxygen atoms in total. The minimum Gasteiger partial charge on any atom is -0.497 e. The number of hydrogen-bond acceptors (Lipinski definition) is 13. The van der Waals surface area contributed by atoms with Gasteiger partial charge in [0.2, 0.25) is 5.88 Å². The third-order valence-corrected chi connectivity index (χ3v) is 9.81. The number of carbonyl (C=O) groups is 2. The summed E-state index contributed by atoms with van der Waals surface area (Å²) in [5.41, 5.74) is -1.95. The van der Waals surface area contributed by atoms with Crippen LogP contribution in [0.25, 0.3) is 0 Å². The predicted molar refractivity (Wildman–Crippen MR) is 164 cm³/mol. The van der Waals surface area contributed by atoms with Crippen LogP contribution in [0.5, 0.6) is 17.4 Å². The number of hydrogen-bond donors (Lipinski definition) is 1. The molecule has 44 heavy (non-hydrogen) atoms. The molecule has 3 atom stereocenters. The van der Waals surface area contributed by atoms with Gasteiger partial charge >= 0.3 is 5.97 Å². The van der Waals surface area contributed by atoms with E-state index in [4.69, 9.17) is 19.0 Å². The zero-order valence-electron chi connectivity index (χ0n) is 24.4. The molecule has 2 aliphatic heterocycles. The fourth-order valence-corrected chi connectivity index (χ4v) is 7.78. The van der Waals surface area contributed by atoms with Crippen molar-refractivity contribution < 1.29 is 42.2 Å². The van der Waals surface area contributed by atoms with Crippen LogP contribution in [-0.2, 0) is 30.0 Å².